The summed E-state index contributed by atoms with van der Waals surface area (Å²) in [7, 11) is 0. The second kappa shape index (κ2) is 5.41. The van der Waals surface area contributed by atoms with Gasteiger partial charge >= 0.3 is 0 Å². The van der Waals surface area contributed by atoms with E-state index in [2.05, 4.69) is 13.8 Å². The Morgan fingerprint density at radius 3 is 2.61 bits per heavy atom. The summed E-state index contributed by atoms with van der Waals surface area (Å²) in [5.74, 6) is 0.165. The largest absolute Gasteiger partial charge is 0.372 e. The lowest BCUT2D eigenvalue weighted by molar-refractivity contribution is -0.0586. The fourth-order valence-electron chi connectivity index (χ4n) is 2.61. The summed E-state index contributed by atoms with van der Waals surface area (Å²) >= 11 is 1.67. The molecule has 2 rings (SSSR count). The molecule has 0 N–H and O–H groups in total. The standard InChI is InChI=1S/C14H21NO2S/c1-5-12-11(4)18-8-13(12)14(16)15-6-9(2)17-10(3)7-15/h8-10H,5-7H2,1-4H3/t9-,10-/m1/s1. The fraction of sp³-hybridized carbons (Fsp3) is 0.643. The Balaban J connectivity index is 2.20. The van der Waals surface area contributed by atoms with Gasteiger partial charge in [-0.05, 0) is 32.8 Å². The summed E-state index contributed by atoms with van der Waals surface area (Å²) < 4.78 is 5.67. The minimum Gasteiger partial charge on any atom is -0.372 e. The maximum Gasteiger partial charge on any atom is 0.255 e. The normalized spacial score (nSPS) is 24.3. The Bertz CT molecular complexity index is 431. The second-order valence-electron chi connectivity index (χ2n) is 5.01. The van der Waals surface area contributed by atoms with Crippen molar-refractivity contribution in [1.29, 1.82) is 0 Å². The molecule has 0 spiro atoms. The van der Waals surface area contributed by atoms with Crippen LogP contribution in [0.2, 0.25) is 0 Å². The summed E-state index contributed by atoms with van der Waals surface area (Å²) in [6.45, 7) is 9.63. The summed E-state index contributed by atoms with van der Waals surface area (Å²) in [6, 6.07) is 0. The van der Waals surface area contributed by atoms with Crippen LogP contribution in [0.3, 0.4) is 0 Å². The molecule has 2 atom stereocenters. The van der Waals surface area contributed by atoms with E-state index in [0.717, 1.165) is 12.0 Å². The van der Waals surface area contributed by atoms with E-state index in [1.54, 1.807) is 11.3 Å². The van der Waals surface area contributed by atoms with E-state index in [4.69, 9.17) is 4.74 Å². The van der Waals surface area contributed by atoms with Gasteiger partial charge in [-0.15, -0.1) is 11.3 Å². The van der Waals surface area contributed by atoms with Crippen molar-refractivity contribution in [1.82, 2.24) is 4.90 Å². The van der Waals surface area contributed by atoms with Crippen LogP contribution < -0.4 is 0 Å². The third-order valence-corrected chi connectivity index (χ3v) is 4.35. The number of ether oxygens (including phenoxy) is 1. The molecule has 0 aromatic carbocycles. The molecule has 0 radical (unpaired) electrons. The molecule has 0 aliphatic carbocycles. The first-order valence-corrected chi connectivity index (χ1v) is 7.42. The third kappa shape index (κ3) is 2.59. The zero-order chi connectivity index (χ0) is 13.3. The summed E-state index contributed by atoms with van der Waals surface area (Å²) in [5.41, 5.74) is 2.10. The first-order valence-electron chi connectivity index (χ1n) is 6.54. The van der Waals surface area contributed by atoms with Gasteiger partial charge in [0.2, 0.25) is 0 Å². The van der Waals surface area contributed by atoms with Crippen molar-refractivity contribution >= 4 is 17.2 Å². The first kappa shape index (κ1) is 13.6. The Morgan fingerprint density at radius 1 is 1.44 bits per heavy atom. The Kier molecular flexibility index (Phi) is 4.07. The van der Waals surface area contributed by atoms with Crippen molar-refractivity contribution in [3.05, 3.63) is 21.4 Å². The van der Waals surface area contributed by atoms with E-state index < -0.39 is 0 Å². The van der Waals surface area contributed by atoms with Crippen LogP contribution in [0.5, 0.6) is 0 Å². The first-order chi connectivity index (χ1) is 8.52. The number of nitrogens with zero attached hydrogens (tertiary/aromatic N) is 1. The maximum absolute atomic E-state index is 12.6. The van der Waals surface area contributed by atoms with E-state index in [1.165, 1.54) is 10.4 Å². The SMILES string of the molecule is CCc1c(C(=O)N2C[C@@H](C)O[C@H](C)C2)csc1C. The highest BCUT2D eigenvalue weighted by atomic mass is 32.1. The minimum absolute atomic E-state index is 0.127. The highest BCUT2D eigenvalue weighted by Gasteiger charge is 2.28. The number of carbonyl (C=O) groups excluding carboxylic acids is 1. The lowest BCUT2D eigenvalue weighted by atomic mass is 10.1. The van der Waals surface area contributed by atoms with E-state index in [9.17, 15) is 4.79 Å². The van der Waals surface area contributed by atoms with Gasteiger partial charge in [0.25, 0.3) is 5.91 Å². The third-order valence-electron chi connectivity index (χ3n) is 3.39. The van der Waals surface area contributed by atoms with Gasteiger partial charge in [0.15, 0.2) is 0 Å². The minimum atomic E-state index is 0.127. The molecule has 3 nitrogen and oxygen atoms in total. The average Bonchev–Trinajstić information content (AvgIpc) is 2.68. The van der Waals surface area contributed by atoms with Crippen LogP contribution in [0, 0.1) is 6.92 Å². The van der Waals surface area contributed by atoms with Crippen molar-refractivity contribution in [2.24, 2.45) is 0 Å². The highest BCUT2D eigenvalue weighted by Crippen LogP contribution is 2.25. The molecule has 100 valence electrons. The maximum atomic E-state index is 12.6. The van der Waals surface area contributed by atoms with Gasteiger partial charge in [-0.1, -0.05) is 6.92 Å². The molecule has 1 amide bonds. The van der Waals surface area contributed by atoms with Crippen LogP contribution in [-0.2, 0) is 11.2 Å². The number of hydrogen-bond donors (Lipinski definition) is 0. The smallest absolute Gasteiger partial charge is 0.255 e. The van der Waals surface area contributed by atoms with E-state index >= 15 is 0 Å². The number of aryl methyl sites for hydroxylation is 1. The van der Waals surface area contributed by atoms with Gasteiger partial charge in [-0.3, -0.25) is 4.79 Å². The molecule has 0 bridgehead atoms. The molecule has 1 fully saturated rings. The lowest BCUT2D eigenvalue weighted by Gasteiger charge is -2.35. The number of hydrogen-bond acceptors (Lipinski definition) is 3. The quantitative estimate of drug-likeness (QED) is 0.824. The molecule has 4 heteroatoms. The monoisotopic (exact) mass is 267 g/mol. The lowest BCUT2D eigenvalue weighted by Crippen LogP contribution is -2.48. The molecule has 1 aliphatic rings. The van der Waals surface area contributed by atoms with E-state index in [0.29, 0.717) is 13.1 Å². The number of amides is 1. The van der Waals surface area contributed by atoms with Gasteiger partial charge < -0.3 is 9.64 Å². The van der Waals surface area contributed by atoms with E-state index in [-0.39, 0.29) is 18.1 Å². The molecule has 0 unspecified atom stereocenters. The molecule has 18 heavy (non-hydrogen) atoms. The Labute approximate surface area is 113 Å². The molecular formula is C14H21NO2S. The van der Waals surface area contributed by atoms with Crippen LogP contribution in [0.1, 0.15) is 41.6 Å². The van der Waals surface area contributed by atoms with Gasteiger partial charge in [0, 0.05) is 23.3 Å². The molecule has 1 saturated heterocycles. The highest BCUT2D eigenvalue weighted by molar-refractivity contribution is 7.10. The average molecular weight is 267 g/mol. The summed E-state index contributed by atoms with van der Waals surface area (Å²) in [5, 5.41) is 2.00. The van der Waals surface area contributed by atoms with Crippen molar-refractivity contribution < 1.29 is 9.53 Å². The molecule has 0 saturated carbocycles. The summed E-state index contributed by atoms with van der Waals surface area (Å²) in [4.78, 5) is 15.8. The van der Waals surface area contributed by atoms with Gasteiger partial charge in [0.1, 0.15) is 0 Å². The molecule has 1 aliphatic heterocycles. The number of thiophene rings is 1. The predicted octanol–water partition coefficient (Wildman–Crippen LogP) is 2.87. The van der Waals surface area contributed by atoms with Crippen LogP contribution in [0.15, 0.2) is 5.38 Å². The summed E-state index contributed by atoms with van der Waals surface area (Å²) in [6.07, 6.45) is 1.18. The topological polar surface area (TPSA) is 29.5 Å². The van der Waals surface area contributed by atoms with Crippen molar-refractivity contribution in [3.8, 4) is 0 Å². The van der Waals surface area contributed by atoms with Crippen LogP contribution in [0.25, 0.3) is 0 Å². The fourth-order valence-corrected chi connectivity index (χ4v) is 3.55. The zero-order valence-electron chi connectivity index (χ0n) is 11.5. The molecule has 1 aromatic heterocycles. The van der Waals surface area contributed by atoms with Crippen LogP contribution >= 0.6 is 11.3 Å². The van der Waals surface area contributed by atoms with Crippen LogP contribution in [-0.4, -0.2) is 36.1 Å². The van der Waals surface area contributed by atoms with Gasteiger partial charge in [0.05, 0.1) is 17.8 Å². The van der Waals surface area contributed by atoms with E-state index in [1.807, 2.05) is 24.1 Å². The molecular weight excluding hydrogens is 246 g/mol. The van der Waals surface area contributed by atoms with Crippen molar-refractivity contribution in [2.75, 3.05) is 13.1 Å². The second-order valence-corrected chi connectivity index (χ2v) is 6.09. The zero-order valence-corrected chi connectivity index (χ0v) is 12.3. The number of rotatable bonds is 2. The van der Waals surface area contributed by atoms with Crippen LogP contribution in [0.4, 0.5) is 0 Å². The number of carbonyl (C=O) groups is 1. The predicted molar refractivity (Wildman–Crippen MR) is 74.3 cm³/mol. The van der Waals surface area contributed by atoms with Gasteiger partial charge in [-0.25, -0.2) is 0 Å². The van der Waals surface area contributed by atoms with Gasteiger partial charge in [-0.2, -0.15) is 0 Å². The van der Waals surface area contributed by atoms with Crippen molar-refractivity contribution in [2.45, 2.75) is 46.3 Å². The Hall–Kier alpha value is -0.870. The van der Waals surface area contributed by atoms with Crippen molar-refractivity contribution in [3.63, 3.8) is 0 Å². The number of morpholine rings is 1. The molecule has 2 heterocycles. The Morgan fingerprint density at radius 2 is 2.06 bits per heavy atom. The molecule has 1 aromatic rings.